The Balaban J connectivity index is 1.61. The molecule has 8 heteroatoms. The zero-order valence-electron chi connectivity index (χ0n) is 12.8. The Bertz CT molecular complexity index is 894. The Kier molecular flexibility index (Phi) is 5.31. The van der Waals surface area contributed by atoms with Gasteiger partial charge in [0.15, 0.2) is 0 Å². The van der Waals surface area contributed by atoms with E-state index < -0.39 is 0 Å². The largest absolute Gasteiger partial charge is 0.339 e. The molecule has 0 aliphatic heterocycles. The van der Waals surface area contributed by atoms with Crippen LogP contribution in [0.1, 0.15) is 12.3 Å². The minimum absolute atomic E-state index is 0.104. The Morgan fingerprint density at radius 2 is 1.88 bits per heavy atom. The fourth-order valence-corrected chi connectivity index (χ4v) is 2.63. The molecule has 3 rings (SSSR count). The molecule has 0 fully saturated rings. The molecule has 3 aromatic rings. The van der Waals surface area contributed by atoms with Crippen LogP contribution in [0.25, 0.3) is 11.4 Å². The number of hydrogen-bond donors (Lipinski definition) is 1. The molecule has 1 N–H and O–H groups in total. The van der Waals surface area contributed by atoms with E-state index in [9.17, 15) is 9.18 Å². The molecule has 2 aromatic carbocycles. The summed E-state index contributed by atoms with van der Waals surface area (Å²) in [6, 6.07) is 10.8. The predicted molar refractivity (Wildman–Crippen MR) is 93.1 cm³/mol. The van der Waals surface area contributed by atoms with Gasteiger partial charge in [0.1, 0.15) is 5.82 Å². The molecule has 0 aliphatic carbocycles. The maximum Gasteiger partial charge on any atom is 0.227 e. The van der Waals surface area contributed by atoms with Crippen LogP contribution in [-0.2, 0) is 11.2 Å². The van der Waals surface area contributed by atoms with Crippen LogP contribution in [0.5, 0.6) is 0 Å². The number of aromatic nitrogens is 2. The first-order chi connectivity index (χ1) is 12.0. The highest BCUT2D eigenvalue weighted by atomic mass is 35.5. The lowest BCUT2D eigenvalue weighted by atomic mass is 10.2. The van der Waals surface area contributed by atoms with Gasteiger partial charge in [-0.1, -0.05) is 46.6 Å². The van der Waals surface area contributed by atoms with Crippen LogP contribution in [0.2, 0.25) is 10.0 Å². The standard InChI is InChI=1S/C17H12Cl2FN3O2/c18-12-5-2-6-13(19)16(12)21-14(24)7-8-15-22-17(23-25-15)10-3-1-4-11(20)9-10/h1-6,9H,7-8H2,(H,21,24). The molecule has 0 unspecified atom stereocenters. The maximum absolute atomic E-state index is 13.2. The first kappa shape index (κ1) is 17.4. The van der Waals surface area contributed by atoms with Crippen LogP contribution in [0, 0.1) is 5.82 Å². The molecule has 0 aliphatic rings. The number of halogens is 3. The van der Waals surface area contributed by atoms with Crippen molar-refractivity contribution >= 4 is 34.8 Å². The Hall–Kier alpha value is -2.44. The van der Waals surface area contributed by atoms with Crippen molar-refractivity contribution in [1.29, 1.82) is 0 Å². The van der Waals surface area contributed by atoms with E-state index in [4.69, 9.17) is 27.7 Å². The summed E-state index contributed by atoms with van der Waals surface area (Å²) in [6.07, 6.45) is 0.336. The molecule has 0 saturated heterocycles. The topological polar surface area (TPSA) is 68.0 Å². The summed E-state index contributed by atoms with van der Waals surface area (Å²) >= 11 is 12.0. The number of amides is 1. The third-order valence-corrected chi connectivity index (χ3v) is 3.97. The Morgan fingerprint density at radius 1 is 1.16 bits per heavy atom. The predicted octanol–water partition coefficient (Wildman–Crippen LogP) is 4.75. The van der Waals surface area contributed by atoms with Crippen LogP contribution in [0.15, 0.2) is 47.0 Å². The van der Waals surface area contributed by atoms with Crippen molar-refractivity contribution in [2.45, 2.75) is 12.8 Å². The third kappa shape index (κ3) is 4.35. The molecular formula is C17H12Cl2FN3O2. The summed E-state index contributed by atoms with van der Waals surface area (Å²) in [7, 11) is 0. The van der Waals surface area contributed by atoms with Crippen molar-refractivity contribution in [2.24, 2.45) is 0 Å². The molecular weight excluding hydrogens is 368 g/mol. The lowest BCUT2D eigenvalue weighted by Crippen LogP contribution is -2.13. The van der Waals surface area contributed by atoms with Gasteiger partial charge in [0.05, 0.1) is 15.7 Å². The number of benzene rings is 2. The molecule has 0 atom stereocenters. The van der Waals surface area contributed by atoms with Gasteiger partial charge in [0.25, 0.3) is 0 Å². The van der Waals surface area contributed by atoms with Gasteiger partial charge in [-0.2, -0.15) is 4.98 Å². The minimum Gasteiger partial charge on any atom is -0.339 e. The monoisotopic (exact) mass is 379 g/mol. The van der Waals surface area contributed by atoms with E-state index in [-0.39, 0.29) is 36.3 Å². The Labute approximate surface area is 152 Å². The number of carbonyl (C=O) groups is 1. The van der Waals surface area contributed by atoms with E-state index in [0.29, 0.717) is 21.3 Å². The van der Waals surface area contributed by atoms with Gasteiger partial charge in [-0.05, 0) is 24.3 Å². The van der Waals surface area contributed by atoms with Crippen molar-refractivity contribution in [3.63, 3.8) is 0 Å². The minimum atomic E-state index is -0.389. The number of aryl methyl sites for hydroxylation is 1. The zero-order chi connectivity index (χ0) is 17.8. The van der Waals surface area contributed by atoms with Gasteiger partial charge in [-0.25, -0.2) is 4.39 Å². The van der Waals surface area contributed by atoms with Gasteiger partial charge in [0, 0.05) is 18.4 Å². The van der Waals surface area contributed by atoms with Crippen molar-refractivity contribution in [3.05, 3.63) is 64.2 Å². The summed E-state index contributed by atoms with van der Waals surface area (Å²) in [5.41, 5.74) is 0.865. The normalized spacial score (nSPS) is 10.7. The van der Waals surface area contributed by atoms with Gasteiger partial charge in [0.2, 0.25) is 17.6 Å². The summed E-state index contributed by atoms with van der Waals surface area (Å²) in [6.45, 7) is 0. The molecule has 0 saturated carbocycles. The molecule has 0 radical (unpaired) electrons. The summed E-state index contributed by atoms with van der Waals surface area (Å²) in [5, 5.41) is 7.15. The third-order valence-electron chi connectivity index (χ3n) is 3.34. The second-order valence-corrected chi connectivity index (χ2v) is 5.98. The Morgan fingerprint density at radius 3 is 2.60 bits per heavy atom. The number of nitrogens with zero attached hydrogens (tertiary/aromatic N) is 2. The average Bonchev–Trinajstić information content (AvgIpc) is 3.06. The lowest BCUT2D eigenvalue weighted by Gasteiger charge is -2.08. The van der Waals surface area contributed by atoms with Crippen molar-refractivity contribution in [2.75, 3.05) is 5.32 Å². The molecule has 1 amide bonds. The van der Waals surface area contributed by atoms with Gasteiger partial charge in [-0.15, -0.1) is 0 Å². The summed E-state index contributed by atoms with van der Waals surface area (Å²) < 4.78 is 18.3. The van der Waals surface area contributed by atoms with E-state index in [0.717, 1.165) is 0 Å². The van der Waals surface area contributed by atoms with Gasteiger partial charge < -0.3 is 9.84 Å². The molecule has 1 aromatic heterocycles. The molecule has 128 valence electrons. The van der Waals surface area contributed by atoms with E-state index in [1.54, 1.807) is 30.3 Å². The molecule has 5 nitrogen and oxygen atoms in total. The van der Waals surface area contributed by atoms with Crippen molar-refractivity contribution in [1.82, 2.24) is 10.1 Å². The number of nitrogens with one attached hydrogen (secondary N) is 1. The molecule has 1 heterocycles. The summed E-state index contributed by atoms with van der Waals surface area (Å²) in [5.74, 6) is -0.135. The van der Waals surface area contributed by atoms with Crippen LogP contribution in [0.4, 0.5) is 10.1 Å². The van der Waals surface area contributed by atoms with Gasteiger partial charge in [-0.3, -0.25) is 4.79 Å². The average molecular weight is 380 g/mol. The number of hydrogen-bond acceptors (Lipinski definition) is 4. The van der Waals surface area contributed by atoms with Crippen LogP contribution >= 0.6 is 23.2 Å². The quantitative estimate of drug-likeness (QED) is 0.694. The number of rotatable bonds is 5. The fraction of sp³-hybridized carbons (Fsp3) is 0.118. The first-order valence-corrected chi connectivity index (χ1v) is 8.11. The highest BCUT2D eigenvalue weighted by molar-refractivity contribution is 6.39. The second-order valence-electron chi connectivity index (χ2n) is 5.17. The number of carbonyl (C=O) groups excluding carboxylic acids is 1. The van der Waals surface area contributed by atoms with Crippen molar-refractivity contribution in [3.8, 4) is 11.4 Å². The zero-order valence-corrected chi connectivity index (χ0v) is 14.3. The van der Waals surface area contributed by atoms with E-state index in [1.165, 1.54) is 12.1 Å². The van der Waals surface area contributed by atoms with Gasteiger partial charge >= 0.3 is 0 Å². The molecule has 25 heavy (non-hydrogen) atoms. The van der Waals surface area contributed by atoms with Crippen molar-refractivity contribution < 1.29 is 13.7 Å². The van der Waals surface area contributed by atoms with E-state index in [1.807, 2.05) is 0 Å². The highest BCUT2D eigenvalue weighted by Gasteiger charge is 2.13. The smallest absolute Gasteiger partial charge is 0.227 e. The SMILES string of the molecule is O=C(CCc1nc(-c2cccc(F)c2)no1)Nc1c(Cl)cccc1Cl. The van der Waals surface area contributed by atoms with Crippen LogP contribution in [0.3, 0.4) is 0 Å². The maximum atomic E-state index is 13.2. The lowest BCUT2D eigenvalue weighted by molar-refractivity contribution is -0.116. The van der Waals surface area contributed by atoms with Crippen LogP contribution < -0.4 is 5.32 Å². The van der Waals surface area contributed by atoms with Crippen LogP contribution in [-0.4, -0.2) is 16.0 Å². The van der Waals surface area contributed by atoms with E-state index in [2.05, 4.69) is 15.5 Å². The highest BCUT2D eigenvalue weighted by Crippen LogP contribution is 2.29. The summed E-state index contributed by atoms with van der Waals surface area (Å²) in [4.78, 5) is 16.2. The molecule has 0 bridgehead atoms. The number of para-hydroxylation sites is 1. The molecule has 0 spiro atoms. The second kappa shape index (κ2) is 7.63. The van der Waals surface area contributed by atoms with E-state index >= 15 is 0 Å². The number of anilines is 1. The first-order valence-electron chi connectivity index (χ1n) is 7.35. The fourth-order valence-electron chi connectivity index (χ4n) is 2.14.